The molecule has 4 rings (SSSR count). The topological polar surface area (TPSA) is 57.7 Å². The first kappa shape index (κ1) is 24.0. The largest absolute Gasteiger partial charge is 0.497 e. The monoisotopic (exact) mass is 490 g/mol. The summed E-state index contributed by atoms with van der Waals surface area (Å²) >= 11 is 1.41. The number of benzene rings is 2. The lowest BCUT2D eigenvalue weighted by atomic mass is 10.1. The molecule has 2 aromatic carbocycles. The van der Waals surface area contributed by atoms with Crippen LogP contribution < -0.4 is 15.0 Å². The van der Waals surface area contributed by atoms with Crippen molar-refractivity contribution < 1.29 is 22.7 Å². The summed E-state index contributed by atoms with van der Waals surface area (Å²) in [5.41, 5.74) is 1.06. The number of aromatic nitrogens is 1. The second-order valence-corrected chi connectivity index (χ2v) is 8.91. The van der Waals surface area contributed by atoms with Crippen LogP contribution in [0.15, 0.2) is 53.9 Å². The number of carbonyl (C=O) groups is 1. The van der Waals surface area contributed by atoms with Crippen molar-refractivity contribution in [3.05, 3.63) is 75.7 Å². The predicted octanol–water partition coefficient (Wildman–Crippen LogP) is 4.42. The molecular weight excluding hydrogens is 465 g/mol. The molecule has 1 saturated heterocycles. The van der Waals surface area contributed by atoms with Gasteiger partial charge in [0, 0.05) is 49.9 Å². The first-order valence-electron chi connectivity index (χ1n) is 10.8. The number of rotatable bonds is 7. The molecule has 0 saturated carbocycles. The maximum atomic E-state index is 12.9. The van der Waals surface area contributed by atoms with Crippen molar-refractivity contribution in [2.24, 2.45) is 0 Å². The Morgan fingerprint density at radius 1 is 1.12 bits per heavy atom. The Morgan fingerprint density at radius 3 is 2.62 bits per heavy atom. The van der Waals surface area contributed by atoms with E-state index in [4.69, 9.17) is 4.74 Å². The SMILES string of the molecule is COc1cccc(N2CCN(Cc3nc(C(=O)NCc4cccc(C(F)(F)F)c4)cs3)CC2)c1. The molecule has 0 spiro atoms. The average Bonchev–Trinajstić information content (AvgIpc) is 3.31. The van der Waals surface area contributed by atoms with Crippen LogP contribution in [0, 0.1) is 0 Å². The standard InChI is InChI=1S/C24H25F3N4O2S/c1-33-20-7-3-6-19(13-20)31-10-8-30(9-11-31)15-22-29-21(16-34-22)23(32)28-14-17-4-2-5-18(12-17)24(25,26)27/h2-7,12-13,16H,8-11,14-15H2,1H3,(H,28,32). The lowest BCUT2D eigenvalue weighted by molar-refractivity contribution is -0.137. The Morgan fingerprint density at radius 2 is 1.88 bits per heavy atom. The highest BCUT2D eigenvalue weighted by atomic mass is 32.1. The highest BCUT2D eigenvalue weighted by Gasteiger charge is 2.30. The molecule has 6 nitrogen and oxygen atoms in total. The summed E-state index contributed by atoms with van der Waals surface area (Å²) in [6.45, 7) is 4.15. The zero-order valence-corrected chi connectivity index (χ0v) is 19.5. The van der Waals surface area contributed by atoms with Gasteiger partial charge >= 0.3 is 6.18 Å². The first-order chi connectivity index (χ1) is 16.3. The normalized spacial score (nSPS) is 14.8. The van der Waals surface area contributed by atoms with Gasteiger partial charge in [-0.1, -0.05) is 18.2 Å². The lowest BCUT2D eigenvalue weighted by Gasteiger charge is -2.35. The number of halogens is 3. The molecule has 1 aromatic heterocycles. The lowest BCUT2D eigenvalue weighted by Crippen LogP contribution is -2.45. The Labute approximate surface area is 200 Å². The Hall–Kier alpha value is -3.11. The number of hydrogen-bond acceptors (Lipinski definition) is 6. The number of hydrogen-bond donors (Lipinski definition) is 1. The summed E-state index contributed by atoms with van der Waals surface area (Å²) < 4.78 is 43.9. The Bertz CT molecular complexity index is 1130. The zero-order valence-electron chi connectivity index (χ0n) is 18.6. The molecule has 10 heteroatoms. The van der Waals surface area contributed by atoms with Crippen LogP contribution >= 0.6 is 11.3 Å². The van der Waals surface area contributed by atoms with Gasteiger partial charge in [0.05, 0.1) is 19.2 Å². The van der Waals surface area contributed by atoms with Crippen molar-refractivity contribution >= 4 is 22.9 Å². The molecule has 0 atom stereocenters. The number of carbonyl (C=O) groups excluding carboxylic acids is 1. The molecule has 0 bridgehead atoms. The number of nitrogens with one attached hydrogen (secondary N) is 1. The second kappa shape index (κ2) is 10.4. The molecule has 1 N–H and O–H groups in total. The van der Waals surface area contributed by atoms with E-state index in [1.54, 1.807) is 18.6 Å². The van der Waals surface area contributed by atoms with E-state index >= 15 is 0 Å². The van der Waals surface area contributed by atoms with E-state index in [0.29, 0.717) is 12.1 Å². The van der Waals surface area contributed by atoms with Gasteiger partial charge in [-0.25, -0.2) is 4.98 Å². The van der Waals surface area contributed by atoms with E-state index in [-0.39, 0.29) is 12.2 Å². The van der Waals surface area contributed by atoms with Gasteiger partial charge in [-0.15, -0.1) is 11.3 Å². The molecule has 180 valence electrons. The molecule has 1 aliphatic rings. The van der Waals surface area contributed by atoms with Crippen molar-refractivity contribution in [3.8, 4) is 5.75 Å². The molecule has 0 unspecified atom stereocenters. The minimum atomic E-state index is -4.41. The van der Waals surface area contributed by atoms with Crippen LogP contribution in [0.5, 0.6) is 5.75 Å². The molecule has 1 fully saturated rings. The maximum absolute atomic E-state index is 12.9. The molecule has 1 aliphatic heterocycles. The Kier molecular flexibility index (Phi) is 7.38. The molecule has 34 heavy (non-hydrogen) atoms. The minimum Gasteiger partial charge on any atom is -0.497 e. The fourth-order valence-electron chi connectivity index (χ4n) is 3.78. The van der Waals surface area contributed by atoms with Crippen molar-refractivity contribution in [1.82, 2.24) is 15.2 Å². The van der Waals surface area contributed by atoms with Gasteiger partial charge in [0.1, 0.15) is 16.5 Å². The van der Waals surface area contributed by atoms with Crippen molar-refractivity contribution in [2.45, 2.75) is 19.3 Å². The smallest absolute Gasteiger partial charge is 0.416 e. The van der Waals surface area contributed by atoms with Crippen LogP contribution in [0.25, 0.3) is 0 Å². The number of anilines is 1. The van der Waals surface area contributed by atoms with Gasteiger partial charge in [0.15, 0.2) is 0 Å². The number of ether oxygens (including phenoxy) is 1. The summed E-state index contributed by atoms with van der Waals surface area (Å²) in [7, 11) is 1.66. The number of piperazine rings is 1. The quantitative estimate of drug-likeness (QED) is 0.531. The van der Waals surface area contributed by atoms with Gasteiger partial charge in [0.25, 0.3) is 5.91 Å². The molecule has 0 radical (unpaired) electrons. The van der Waals surface area contributed by atoms with Crippen LogP contribution in [-0.2, 0) is 19.3 Å². The van der Waals surface area contributed by atoms with Gasteiger partial charge < -0.3 is 15.0 Å². The van der Waals surface area contributed by atoms with E-state index in [0.717, 1.165) is 54.8 Å². The zero-order chi connectivity index (χ0) is 24.1. The van der Waals surface area contributed by atoms with Crippen molar-refractivity contribution in [3.63, 3.8) is 0 Å². The number of nitrogens with zero attached hydrogens (tertiary/aromatic N) is 3. The molecule has 0 aliphatic carbocycles. The third-order valence-electron chi connectivity index (χ3n) is 5.64. The number of methoxy groups -OCH3 is 1. The highest BCUT2D eigenvalue weighted by Crippen LogP contribution is 2.29. The second-order valence-electron chi connectivity index (χ2n) is 7.97. The van der Waals surface area contributed by atoms with E-state index in [1.807, 2.05) is 18.2 Å². The summed E-state index contributed by atoms with van der Waals surface area (Å²) in [6, 6.07) is 12.9. The maximum Gasteiger partial charge on any atom is 0.416 e. The van der Waals surface area contributed by atoms with E-state index in [9.17, 15) is 18.0 Å². The summed E-state index contributed by atoms with van der Waals surface area (Å²) in [6.07, 6.45) is -4.41. The summed E-state index contributed by atoms with van der Waals surface area (Å²) in [4.78, 5) is 21.5. The third kappa shape index (κ3) is 6.06. The van der Waals surface area contributed by atoms with Crippen molar-refractivity contribution in [1.29, 1.82) is 0 Å². The van der Waals surface area contributed by atoms with Gasteiger partial charge in [-0.05, 0) is 29.8 Å². The summed E-state index contributed by atoms with van der Waals surface area (Å²) in [5.74, 6) is 0.435. The fraction of sp³-hybridized carbons (Fsp3) is 0.333. The van der Waals surface area contributed by atoms with Gasteiger partial charge in [-0.3, -0.25) is 9.69 Å². The van der Waals surface area contributed by atoms with Crippen molar-refractivity contribution in [2.75, 3.05) is 38.2 Å². The van der Waals surface area contributed by atoms with Gasteiger partial charge in [0.2, 0.25) is 0 Å². The Balaban J connectivity index is 1.27. The molecule has 1 amide bonds. The number of thiazole rings is 1. The van der Waals surface area contributed by atoms with Crippen LogP contribution in [0.4, 0.5) is 18.9 Å². The minimum absolute atomic E-state index is 0.00183. The number of amides is 1. The van der Waals surface area contributed by atoms with Crippen LogP contribution in [0.2, 0.25) is 0 Å². The first-order valence-corrected chi connectivity index (χ1v) is 11.7. The fourth-order valence-corrected chi connectivity index (χ4v) is 4.60. The highest BCUT2D eigenvalue weighted by molar-refractivity contribution is 7.09. The summed E-state index contributed by atoms with van der Waals surface area (Å²) in [5, 5.41) is 5.17. The van der Waals surface area contributed by atoms with E-state index < -0.39 is 17.6 Å². The third-order valence-corrected chi connectivity index (χ3v) is 6.47. The molecule has 3 aromatic rings. The molecular formula is C24H25F3N4O2S. The van der Waals surface area contributed by atoms with Crippen LogP contribution in [0.3, 0.4) is 0 Å². The molecule has 2 heterocycles. The average molecular weight is 491 g/mol. The van der Waals surface area contributed by atoms with E-state index in [1.165, 1.54) is 17.4 Å². The predicted molar refractivity (Wildman–Crippen MR) is 125 cm³/mol. The van der Waals surface area contributed by atoms with E-state index in [2.05, 4.69) is 26.2 Å². The number of alkyl halides is 3. The van der Waals surface area contributed by atoms with Crippen LogP contribution in [0.1, 0.15) is 26.6 Å². The van der Waals surface area contributed by atoms with Crippen LogP contribution in [-0.4, -0.2) is 49.1 Å². The van der Waals surface area contributed by atoms with Gasteiger partial charge in [-0.2, -0.15) is 13.2 Å².